The van der Waals surface area contributed by atoms with Gasteiger partial charge in [-0.05, 0) is 25.8 Å². The molecular formula is C14H23NO2. The fraction of sp³-hybridized carbons (Fsp3) is 0.500. The molecule has 1 rings (SSSR count). The van der Waals surface area contributed by atoms with Gasteiger partial charge in [-0.25, -0.2) is 0 Å². The Kier molecular flexibility index (Phi) is 5.70. The molecule has 1 N–H and O–H groups in total. The molecule has 0 aliphatic heterocycles. The van der Waals surface area contributed by atoms with E-state index in [2.05, 4.69) is 5.32 Å². The van der Waals surface area contributed by atoms with E-state index < -0.39 is 6.10 Å². The Bertz CT molecular complexity index is 343. The highest BCUT2D eigenvalue weighted by molar-refractivity contribution is 5.80. The van der Waals surface area contributed by atoms with Crippen LogP contribution in [0.4, 0.5) is 0 Å². The average Bonchev–Trinajstić information content (AvgIpc) is 2.36. The van der Waals surface area contributed by atoms with E-state index in [0.29, 0.717) is 6.61 Å². The number of rotatable bonds is 6. The van der Waals surface area contributed by atoms with Crippen LogP contribution in [0.2, 0.25) is 0 Å². The molecule has 0 bridgehead atoms. The standard InChI is InChI=1S/C14H21NO2.H2/c1-4-11(2)15-14(16)12(3)17-10-13-8-6-5-7-9-13;/h5-9,11-12H,4,10H2,1-3H3,(H,15,16);1H. The van der Waals surface area contributed by atoms with Crippen molar-refractivity contribution in [1.29, 1.82) is 0 Å². The Labute approximate surface area is 105 Å². The van der Waals surface area contributed by atoms with Crippen molar-refractivity contribution in [1.82, 2.24) is 5.32 Å². The number of ether oxygens (including phenoxy) is 1. The van der Waals surface area contributed by atoms with Crippen LogP contribution in [-0.2, 0) is 16.1 Å². The molecule has 0 aromatic heterocycles. The summed E-state index contributed by atoms with van der Waals surface area (Å²) in [4.78, 5) is 11.7. The minimum atomic E-state index is -0.413. The lowest BCUT2D eigenvalue weighted by Crippen LogP contribution is -2.39. The molecule has 2 unspecified atom stereocenters. The number of carbonyl (C=O) groups excluding carboxylic acids is 1. The molecule has 1 aromatic rings. The van der Waals surface area contributed by atoms with Crippen molar-refractivity contribution in [3.63, 3.8) is 0 Å². The van der Waals surface area contributed by atoms with Crippen LogP contribution in [0.5, 0.6) is 0 Å². The maximum atomic E-state index is 11.7. The molecule has 0 aliphatic rings. The van der Waals surface area contributed by atoms with Gasteiger partial charge < -0.3 is 10.1 Å². The largest absolute Gasteiger partial charge is 0.364 e. The Hall–Kier alpha value is -1.35. The minimum absolute atomic E-state index is 0. The summed E-state index contributed by atoms with van der Waals surface area (Å²) in [6, 6.07) is 10.1. The van der Waals surface area contributed by atoms with Crippen LogP contribution < -0.4 is 5.32 Å². The number of carbonyl (C=O) groups is 1. The van der Waals surface area contributed by atoms with Crippen molar-refractivity contribution in [2.75, 3.05) is 0 Å². The Morgan fingerprint density at radius 3 is 2.59 bits per heavy atom. The van der Waals surface area contributed by atoms with Crippen LogP contribution in [0.25, 0.3) is 0 Å². The molecule has 0 saturated carbocycles. The molecule has 17 heavy (non-hydrogen) atoms. The van der Waals surface area contributed by atoms with Gasteiger partial charge in [-0.3, -0.25) is 4.79 Å². The molecule has 0 saturated heterocycles. The van der Waals surface area contributed by atoms with E-state index in [-0.39, 0.29) is 13.4 Å². The monoisotopic (exact) mass is 237 g/mol. The van der Waals surface area contributed by atoms with Gasteiger partial charge in [-0.2, -0.15) is 0 Å². The molecule has 0 aliphatic carbocycles. The summed E-state index contributed by atoms with van der Waals surface area (Å²) in [6.45, 7) is 6.28. The van der Waals surface area contributed by atoms with Crippen LogP contribution >= 0.6 is 0 Å². The Morgan fingerprint density at radius 2 is 2.00 bits per heavy atom. The minimum Gasteiger partial charge on any atom is -0.364 e. The van der Waals surface area contributed by atoms with Gasteiger partial charge in [0, 0.05) is 7.47 Å². The molecule has 0 fully saturated rings. The number of benzene rings is 1. The topological polar surface area (TPSA) is 38.3 Å². The van der Waals surface area contributed by atoms with Gasteiger partial charge in [0.2, 0.25) is 5.91 Å². The van der Waals surface area contributed by atoms with Gasteiger partial charge in [0.15, 0.2) is 0 Å². The van der Waals surface area contributed by atoms with Crippen LogP contribution in [0.15, 0.2) is 30.3 Å². The molecule has 2 atom stereocenters. The summed E-state index contributed by atoms with van der Waals surface area (Å²) in [7, 11) is 0. The second-order valence-corrected chi connectivity index (χ2v) is 4.26. The fourth-order valence-electron chi connectivity index (χ4n) is 1.33. The van der Waals surface area contributed by atoms with Crippen molar-refractivity contribution < 1.29 is 11.0 Å². The van der Waals surface area contributed by atoms with Gasteiger partial charge in [0.25, 0.3) is 0 Å². The van der Waals surface area contributed by atoms with E-state index in [0.717, 1.165) is 12.0 Å². The van der Waals surface area contributed by atoms with Gasteiger partial charge >= 0.3 is 0 Å². The van der Waals surface area contributed by atoms with Crippen molar-refractivity contribution >= 4 is 5.91 Å². The molecule has 96 valence electrons. The molecule has 0 spiro atoms. The second-order valence-electron chi connectivity index (χ2n) is 4.26. The summed E-state index contributed by atoms with van der Waals surface area (Å²) in [6.07, 6.45) is 0.515. The van der Waals surface area contributed by atoms with Crippen molar-refractivity contribution in [3.05, 3.63) is 35.9 Å². The number of hydrogen-bond acceptors (Lipinski definition) is 2. The van der Waals surface area contributed by atoms with E-state index in [4.69, 9.17) is 4.74 Å². The lowest BCUT2D eigenvalue weighted by Gasteiger charge is -2.16. The quantitative estimate of drug-likeness (QED) is 0.826. The number of nitrogens with one attached hydrogen (secondary N) is 1. The number of amides is 1. The maximum Gasteiger partial charge on any atom is 0.249 e. The predicted octanol–water partition coefficient (Wildman–Crippen LogP) is 2.75. The van der Waals surface area contributed by atoms with Crippen molar-refractivity contribution in [2.45, 2.75) is 45.9 Å². The third-order valence-electron chi connectivity index (χ3n) is 2.71. The van der Waals surface area contributed by atoms with E-state index in [1.165, 1.54) is 0 Å². The zero-order valence-electron chi connectivity index (χ0n) is 10.8. The van der Waals surface area contributed by atoms with Gasteiger partial charge in [0.1, 0.15) is 6.10 Å². The van der Waals surface area contributed by atoms with E-state index in [1.54, 1.807) is 6.92 Å². The lowest BCUT2D eigenvalue weighted by atomic mass is 10.2. The van der Waals surface area contributed by atoms with E-state index in [1.807, 2.05) is 44.2 Å². The van der Waals surface area contributed by atoms with Gasteiger partial charge in [-0.15, -0.1) is 0 Å². The second kappa shape index (κ2) is 7.07. The smallest absolute Gasteiger partial charge is 0.249 e. The first kappa shape index (κ1) is 13.7. The van der Waals surface area contributed by atoms with Crippen LogP contribution in [0.3, 0.4) is 0 Å². The molecule has 3 nitrogen and oxygen atoms in total. The summed E-state index contributed by atoms with van der Waals surface area (Å²) in [5, 5.41) is 2.90. The highest BCUT2D eigenvalue weighted by Gasteiger charge is 2.14. The van der Waals surface area contributed by atoms with E-state index >= 15 is 0 Å². The summed E-state index contributed by atoms with van der Waals surface area (Å²) >= 11 is 0. The maximum absolute atomic E-state index is 11.7. The Balaban J connectivity index is 0.00000289. The van der Waals surface area contributed by atoms with Gasteiger partial charge in [-0.1, -0.05) is 37.3 Å². The first-order chi connectivity index (χ1) is 8.13. The normalized spacial score (nSPS) is 14.1. The molecular weight excluding hydrogens is 214 g/mol. The van der Waals surface area contributed by atoms with Crippen molar-refractivity contribution in [2.24, 2.45) is 0 Å². The van der Waals surface area contributed by atoms with Crippen LogP contribution in [-0.4, -0.2) is 18.1 Å². The SMILES string of the molecule is CCC(C)NC(=O)C(C)OCc1ccccc1.[HH]. The van der Waals surface area contributed by atoms with Gasteiger partial charge in [0.05, 0.1) is 6.61 Å². The summed E-state index contributed by atoms with van der Waals surface area (Å²) < 4.78 is 5.52. The zero-order valence-corrected chi connectivity index (χ0v) is 10.8. The first-order valence-electron chi connectivity index (χ1n) is 6.09. The Morgan fingerprint density at radius 1 is 1.35 bits per heavy atom. The molecule has 3 heteroatoms. The molecule has 1 aromatic carbocycles. The fourth-order valence-corrected chi connectivity index (χ4v) is 1.33. The third kappa shape index (κ3) is 5.00. The van der Waals surface area contributed by atoms with Crippen LogP contribution in [0.1, 0.15) is 34.2 Å². The first-order valence-corrected chi connectivity index (χ1v) is 6.09. The summed E-state index contributed by atoms with van der Waals surface area (Å²) in [5.41, 5.74) is 1.08. The number of hydrogen-bond donors (Lipinski definition) is 1. The summed E-state index contributed by atoms with van der Waals surface area (Å²) in [5.74, 6) is -0.0460. The molecule has 0 heterocycles. The average molecular weight is 237 g/mol. The third-order valence-corrected chi connectivity index (χ3v) is 2.71. The molecule has 1 amide bonds. The lowest BCUT2D eigenvalue weighted by molar-refractivity contribution is -0.133. The molecule has 0 radical (unpaired) electrons. The zero-order chi connectivity index (χ0) is 12.7. The van der Waals surface area contributed by atoms with E-state index in [9.17, 15) is 4.79 Å². The highest BCUT2D eigenvalue weighted by Crippen LogP contribution is 2.03. The van der Waals surface area contributed by atoms with Crippen molar-refractivity contribution in [3.8, 4) is 0 Å². The highest BCUT2D eigenvalue weighted by atomic mass is 16.5. The van der Waals surface area contributed by atoms with Crippen LogP contribution in [0, 0.1) is 0 Å². The predicted molar refractivity (Wildman–Crippen MR) is 70.7 cm³/mol.